The molecule has 0 amide bonds. The molecule has 2 atom stereocenters. The van der Waals surface area contributed by atoms with Crippen molar-refractivity contribution in [1.82, 2.24) is 14.8 Å². The number of likely N-dealkylation sites (N-methyl/N-ethyl adjacent to an activating group) is 1. The number of nitrogens with two attached hydrogens (primary N) is 1. The van der Waals surface area contributed by atoms with Gasteiger partial charge in [-0.3, -0.25) is 14.8 Å². The Labute approximate surface area is 116 Å². The van der Waals surface area contributed by atoms with Crippen molar-refractivity contribution in [2.75, 3.05) is 32.7 Å². The van der Waals surface area contributed by atoms with Gasteiger partial charge in [0.1, 0.15) is 0 Å². The zero-order valence-corrected chi connectivity index (χ0v) is 12.1. The summed E-state index contributed by atoms with van der Waals surface area (Å²) in [5.74, 6) is 0. The zero-order chi connectivity index (χ0) is 13.7. The van der Waals surface area contributed by atoms with Gasteiger partial charge in [-0.1, -0.05) is 19.9 Å². The predicted octanol–water partition coefficient (Wildman–Crippen LogP) is 1.50. The predicted molar refractivity (Wildman–Crippen MR) is 78.9 cm³/mol. The van der Waals surface area contributed by atoms with Gasteiger partial charge in [0.25, 0.3) is 0 Å². The van der Waals surface area contributed by atoms with Gasteiger partial charge in [-0.2, -0.15) is 0 Å². The summed E-state index contributed by atoms with van der Waals surface area (Å²) in [4.78, 5) is 9.33. The van der Waals surface area contributed by atoms with Crippen LogP contribution >= 0.6 is 0 Å². The minimum Gasteiger partial charge on any atom is -0.329 e. The van der Waals surface area contributed by atoms with Gasteiger partial charge < -0.3 is 5.73 Å². The highest BCUT2D eigenvalue weighted by molar-refractivity contribution is 5.15. The SMILES string of the molecule is CCC1CN(C(CN)c2cccnc2)CCN1CC. The molecule has 1 aromatic heterocycles. The van der Waals surface area contributed by atoms with E-state index in [0.29, 0.717) is 18.6 Å². The molecule has 1 aliphatic rings. The normalized spacial score (nSPS) is 23.4. The van der Waals surface area contributed by atoms with Gasteiger partial charge in [0.2, 0.25) is 0 Å². The van der Waals surface area contributed by atoms with Crippen LogP contribution in [-0.2, 0) is 0 Å². The molecule has 0 bridgehead atoms. The van der Waals surface area contributed by atoms with Crippen molar-refractivity contribution in [3.05, 3.63) is 30.1 Å². The monoisotopic (exact) mass is 262 g/mol. The van der Waals surface area contributed by atoms with Gasteiger partial charge in [0.05, 0.1) is 0 Å². The van der Waals surface area contributed by atoms with E-state index in [9.17, 15) is 0 Å². The Morgan fingerprint density at radius 1 is 1.42 bits per heavy atom. The first kappa shape index (κ1) is 14.4. The minimum absolute atomic E-state index is 0.307. The minimum atomic E-state index is 0.307. The molecule has 19 heavy (non-hydrogen) atoms. The second-order valence-corrected chi connectivity index (χ2v) is 5.22. The molecule has 0 saturated carbocycles. The summed E-state index contributed by atoms with van der Waals surface area (Å²) in [5, 5.41) is 0. The molecule has 4 nitrogen and oxygen atoms in total. The molecule has 0 radical (unpaired) electrons. The molecule has 106 valence electrons. The standard InChI is InChI=1S/C15H26N4/c1-3-14-12-19(9-8-18(14)4-2)15(10-16)13-6-5-7-17-11-13/h5-7,11,14-15H,3-4,8-10,12,16H2,1-2H3. The van der Waals surface area contributed by atoms with Crippen molar-refractivity contribution in [1.29, 1.82) is 0 Å². The van der Waals surface area contributed by atoms with Gasteiger partial charge in [0.15, 0.2) is 0 Å². The molecule has 0 spiro atoms. The maximum Gasteiger partial charge on any atom is 0.0486 e. The number of nitrogens with zero attached hydrogens (tertiary/aromatic N) is 3. The smallest absolute Gasteiger partial charge is 0.0486 e. The Hall–Kier alpha value is -0.970. The summed E-state index contributed by atoms with van der Waals surface area (Å²) < 4.78 is 0. The topological polar surface area (TPSA) is 45.4 Å². The van der Waals surface area contributed by atoms with Gasteiger partial charge in [-0.25, -0.2) is 0 Å². The second kappa shape index (κ2) is 6.98. The van der Waals surface area contributed by atoms with E-state index in [-0.39, 0.29) is 0 Å². The van der Waals surface area contributed by atoms with Crippen molar-refractivity contribution in [3.63, 3.8) is 0 Å². The first-order valence-electron chi connectivity index (χ1n) is 7.38. The van der Waals surface area contributed by atoms with Crippen molar-refractivity contribution >= 4 is 0 Å². The zero-order valence-electron chi connectivity index (χ0n) is 12.1. The van der Waals surface area contributed by atoms with Crippen LogP contribution in [0.5, 0.6) is 0 Å². The molecule has 2 rings (SSSR count). The highest BCUT2D eigenvalue weighted by atomic mass is 15.3. The Morgan fingerprint density at radius 3 is 2.84 bits per heavy atom. The third-order valence-electron chi connectivity index (χ3n) is 4.25. The van der Waals surface area contributed by atoms with Gasteiger partial charge >= 0.3 is 0 Å². The van der Waals surface area contributed by atoms with Crippen LogP contribution < -0.4 is 5.73 Å². The first-order valence-corrected chi connectivity index (χ1v) is 7.38. The lowest BCUT2D eigenvalue weighted by Crippen LogP contribution is -2.54. The summed E-state index contributed by atoms with van der Waals surface area (Å²) in [7, 11) is 0. The van der Waals surface area contributed by atoms with Crippen molar-refractivity contribution in [2.45, 2.75) is 32.4 Å². The lowest BCUT2D eigenvalue weighted by molar-refractivity contribution is 0.0508. The van der Waals surface area contributed by atoms with Crippen LogP contribution in [0.25, 0.3) is 0 Å². The van der Waals surface area contributed by atoms with Gasteiger partial charge in [-0.15, -0.1) is 0 Å². The molecule has 1 aliphatic heterocycles. The van der Waals surface area contributed by atoms with Crippen LogP contribution in [0.3, 0.4) is 0 Å². The fourth-order valence-corrected chi connectivity index (χ4v) is 3.07. The summed E-state index contributed by atoms with van der Waals surface area (Å²) in [6.45, 7) is 9.69. The Bertz CT molecular complexity index is 368. The number of aromatic nitrogens is 1. The van der Waals surface area contributed by atoms with Crippen LogP contribution in [0, 0.1) is 0 Å². The van der Waals surface area contributed by atoms with Crippen LogP contribution in [0.4, 0.5) is 0 Å². The molecule has 0 aromatic carbocycles. The molecule has 2 heterocycles. The van der Waals surface area contributed by atoms with Crippen molar-refractivity contribution < 1.29 is 0 Å². The average Bonchev–Trinajstić information content (AvgIpc) is 2.49. The summed E-state index contributed by atoms with van der Waals surface area (Å²) >= 11 is 0. The Kier molecular flexibility index (Phi) is 5.31. The Morgan fingerprint density at radius 2 is 2.26 bits per heavy atom. The van der Waals surface area contributed by atoms with E-state index in [4.69, 9.17) is 5.73 Å². The second-order valence-electron chi connectivity index (χ2n) is 5.22. The average molecular weight is 262 g/mol. The molecular weight excluding hydrogens is 236 g/mol. The van der Waals surface area contributed by atoms with E-state index in [2.05, 4.69) is 34.7 Å². The molecule has 4 heteroatoms. The molecule has 2 N–H and O–H groups in total. The Balaban J connectivity index is 2.08. The number of rotatable bonds is 5. The van der Waals surface area contributed by atoms with Crippen molar-refractivity contribution in [3.8, 4) is 0 Å². The highest BCUT2D eigenvalue weighted by Gasteiger charge is 2.29. The largest absolute Gasteiger partial charge is 0.329 e. The highest BCUT2D eigenvalue weighted by Crippen LogP contribution is 2.23. The molecule has 0 aliphatic carbocycles. The number of pyridine rings is 1. The summed E-state index contributed by atoms with van der Waals surface area (Å²) in [5.41, 5.74) is 7.25. The van der Waals surface area contributed by atoms with Crippen LogP contribution in [0.1, 0.15) is 31.9 Å². The van der Waals surface area contributed by atoms with Crippen LogP contribution in [0.2, 0.25) is 0 Å². The van der Waals surface area contributed by atoms with Crippen molar-refractivity contribution in [2.24, 2.45) is 5.73 Å². The van der Waals surface area contributed by atoms with E-state index in [0.717, 1.165) is 26.2 Å². The number of piperazine rings is 1. The van der Waals surface area contributed by atoms with E-state index in [1.165, 1.54) is 12.0 Å². The quantitative estimate of drug-likeness (QED) is 0.873. The third kappa shape index (κ3) is 3.32. The molecule has 2 unspecified atom stereocenters. The number of hydrogen-bond donors (Lipinski definition) is 1. The van der Waals surface area contributed by atoms with Crippen LogP contribution in [-0.4, -0.2) is 53.5 Å². The summed E-state index contributed by atoms with van der Waals surface area (Å²) in [6.07, 6.45) is 4.97. The van der Waals surface area contributed by atoms with Gasteiger partial charge in [-0.05, 0) is 24.6 Å². The molecule has 1 saturated heterocycles. The third-order valence-corrected chi connectivity index (χ3v) is 4.25. The van der Waals surface area contributed by atoms with Crippen LogP contribution in [0.15, 0.2) is 24.5 Å². The van der Waals surface area contributed by atoms with E-state index in [1.54, 1.807) is 0 Å². The lowest BCUT2D eigenvalue weighted by Gasteiger charge is -2.43. The molecule has 1 fully saturated rings. The maximum absolute atomic E-state index is 6.01. The number of hydrogen-bond acceptors (Lipinski definition) is 4. The van der Waals surface area contributed by atoms with Gasteiger partial charge in [0, 0.05) is 50.7 Å². The van der Waals surface area contributed by atoms with E-state index >= 15 is 0 Å². The first-order chi connectivity index (χ1) is 9.30. The maximum atomic E-state index is 6.01. The fourth-order valence-electron chi connectivity index (χ4n) is 3.07. The lowest BCUT2D eigenvalue weighted by atomic mass is 10.0. The summed E-state index contributed by atoms with van der Waals surface area (Å²) in [6, 6.07) is 5.10. The molecular formula is C15H26N4. The fraction of sp³-hybridized carbons (Fsp3) is 0.667. The molecule has 1 aromatic rings. The van der Waals surface area contributed by atoms with E-state index < -0.39 is 0 Å². The van der Waals surface area contributed by atoms with E-state index in [1.807, 2.05) is 18.5 Å².